The first-order valence-corrected chi connectivity index (χ1v) is 12.4. The molecule has 182 valence electrons. The van der Waals surface area contributed by atoms with Gasteiger partial charge in [0, 0.05) is 24.0 Å². The maximum absolute atomic E-state index is 13.1. The molecule has 0 radical (unpaired) electrons. The zero-order chi connectivity index (χ0) is 24.8. The quantitative estimate of drug-likeness (QED) is 0.345. The molecule has 1 N–H and O–H groups in total. The van der Waals surface area contributed by atoms with E-state index in [9.17, 15) is 8.42 Å². The van der Waals surface area contributed by atoms with Crippen molar-refractivity contribution in [3.63, 3.8) is 0 Å². The van der Waals surface area contributed by atoms with Gasteiger partial charge in [-0.1, -0.05) is 0 Å². The molecule has 0 spiro atoms. The summed E-state index contributed by atoms with van der Waals surface area (Å²) in [7, 11) is -3.93. The molecular formula is C24H25N5O5S. The molecule has 0 aliphatic heterocycles. The monoisotopic (exact) mass is 495 g/mol. The summed E-state index contributed by atoms with van der Waals surface area (Å²) in [6.45, 7) is 6.25. The number of sulfonamides is 1. The van der Waals surface area contributed by atoms with E-state index in [1.807, 2.05) is 19.9 Å². The standard InChI is InChI=1S/C24H25N5O5S/c1-4-32-20-10-11-21(33-5-2)22(16-20)35(30,31)28-18-6-8-19(9-7-18)34-24-13-12-23(25-26-24)29-15-14-17(3)27-29/h6-16,28H,4-5H2,1-3H3. The van der Waals surface area contributed by atoms with Crippen LogP contribution in [0.1, 0.15) is 19.5 Å². The lowest BCUT2D eigenvalue weighted by atomic mass is 10.3. The molecule has 0 amide bonds. The molecule has 11 heteroatoms. The predicted octanol–water partition coefficient (Wildman–Crippen LogP) is 4.36. The largest absolute Gasteiger partial charge is 0.494 e. The van der Waals surface area contributed by atoms with Crippen LogP contribution < -0.4 is 18.9 Å². The number of nitrogens with one attached hydrogen (secondary N) is 1. The van der Waals surface area contributed by atoms with E-state index in [1.165, 1.54) is 6.07 Å². The topological polar surface area (TPSA) is 117 Å². The summed E-state index contributed by atoms with van der Waals surface area (Å²) in [4.78, 5) is -0.00614. The minimum atomic E-state index is -3.93. The highest BCUT2D eigenvalue weighted by Gasteiger charge is 2.21. The molecule has 0 bridgehead atoms. The predicted molar refractivity (Wildman–Crippen MR) is 130 cm³/mol. The minimum absolute atomic E-state index is 0.00614. The van der Waals surface area contributed by atoms with Gasteiger partial charge in [-0.2, -0.15) is 5.10 Å². The van der Waals surface area contributed by atoms with Crippen molar-refractivity contribution in [2.24, 2.45) is 0 Å². The van der Waals surface area contributed by atoms with Crippen LogP contribution in [0.15, 0.2) is 71.8 Å². The first kappa shape index (κ1) is 24.0. The highest BCUT2D eigenvalue weighted by Crippen LogP contribution is 2.31. The van der Waals surface area contributed by atoms with E-state index in [4.69, 9.17) is 14.2 Å². The molecule has 4 aromatic rings. The van der Waals surface area contributed by atoms with Crippen molar-refractivity contribution in [1.29, 1.82) is 0 Å². The molecule has 35 heavy (non-hydrogen) atoms. The fourth-order valence-corrected chi connectivity index (χ4v) is 4.40. The Balaban J connectivity index is 1.47. The van der Waals surface area contributed by atoms with Gasteiger partial charge < -0.3 is 14.2 Å². The molecule has 0 saturated heterocycles. The third-order valence-electron chi connectivity index (χ3n) is 4.73. The van der Waals surface area contributed by atoms with Gasteiger partial charge in [0.15, 0.2) is 5.82 Å². The van der Waals surface area contributed by atoms with E-state index in [2.05, 4.69) is 20.0 Å². The van der Waals surface area contributed by atoms with Crippen molar-refractivity contribution in [3.05, 3.63) is 72.6 Å². The minimum Gasteiger partial charge on any atom is -0.494 e. The SMILES string of the molecule is CCOc1ccc(OCC)c(S(=O)(=O)Nc2ccc(Oc3ccc(-n4ccc(C)n4)nn3)cc2)c1. The Kier molecular flexibility index (Phi) is 7.16. The summed E-state index contributed by atoms with van der Waals surface area (Å²) >= 11 is 0. The molecular weight excluding hydrogens is 470 g/mol. The number of aryl methyl sites for hydroxylation is 1. The summed E-state index contributed by atoms with van der Waals surface area (Å²) in [5, 5.41) is 12.5. The van der Waals surface area contributed by atoms with Crippen molar-refractivity contribution >= 4 is 15.7 Å². The van der Waals surface area contributed by atoms with Gasteiger partial charge in [0.2, 0.25) is 5.88 Å². The number of anilines is 1. The number of benzene rings is 2. The van der Waals surface area contributed by atoms with Crippen LogP contribution in [0.2, 0.25) is 0 Å². The Morgan fingerprint density at radius 3 is 2.26 bits per heavy atom. The number of ether oxygens (including phenoxy) is 3. The van der Waals surface area contributed by atoms with Crippen LogP contribution in [0.5, 0.6) is 23.1 Å². The average molecular weight is 496 g/mol. The molecule has 2 heterocycles. The third kappa shape index (κ3) is 5.87. The van der Waals surface area contributed by atoms with Crippen LogP contribution in [-0.2, 0) is 10.0 Å². The lowest BCUT2D eigenvalue weighted by Crippen LogP contribution is -2.14. The van der Waals surface area contributed by atoms with E-state index in [0.29, 0.717) is 42.1 Å². The van der Waals surface area contributed by atoms with E-state index < -0.39 is 10.0 Å². The Morgan fingerprint density at radius 2 is 1.63 bits per heavy atom. The molecule has 2 aromatic carbocycles. The van der Waals surface area contributed by atoms with Crippen molar-refractivity contribution in [2.45, 2.75) is 25.7 Å². The third-order valence-corrected chi connectivity index (χ3v) is 6.13. The van der Waals surface area contributed by atoms with Gasteiger partial charge in [-0.05, 0) is 69.3 Å². The molecule has 0 aliphatic rings. The zero-order valence-corrected chi connectivity index (χ0v) is 20.3. The Labute approximate surface area is 203 Å². The number of hydrogen-bond acceptors (Lipinski definition) is 8. The summed E-state index contributed by atoms with van der Waals surface area (Å²) in [5.74, 6) is 2.01. The Hall–Kier alpha value is -4.12. The molecule has 2 aromatic heterocycles. The summed E-state index contributed by atoms with van der Waals surface area (Å²) in [6, 6.07) is 16.4. The maximum atomic E-state index is 13.1. The van der Waals surface area contributed by atoms with Crippen LogP contribution in [0.25, 0.3) is 5.82 Å². The van der Waals surface area contributed by atoms with Gasteiger partial charge in [-0.25, -0.2) is 13.1 Å². The molecule has 0 atom stereocenters. The van der Waals surface area contributed by atoms with Crippen LogP contribution >= 0.6 is 0 Å². The normalized spacial score (nSPS) is 11.2. The lowest BCUT2D eigenvalue weighted by Gasteiger charge is -2.14. The molecule has 0 fully saturated rings. The van der Waals surface area contributed by atoms with Crippen LogP contribution in [0, 0.1) is 6.92 Å². The van der Waals surface area contributed by atoms with Crippen molar-refractivity contribution in [3.8, 4) is 28.9 Å². The van der Waals surface area contributed by atoms with E-state index >= 15 is 0 Å². The van der Waals surface area contributed by atoms with Crippen molar-refractivity contribution in [2.75, 3.05) is 17.9 Å². The zero-order valence-electron chi connectivity index (χ0n) is 19.5. The first-order valence-electron chi connectivity index (χ1n) is 10.9. The molecule has 0 aliphatic carbocycles. The smallest absolute Gasteiger partial charge is 0.265 e. The van der Waals surface area contributed by atoms with Gasteiger partial charge in [-0.3, -0.25) is 4.72 Å². The Morgan fingerprint density at radius 1 is 0.886 bits per heavy atom. The highest BCUT2D eigenvalue weighted by molar-refractivity contribution is 7.92. The molecule has 0 unspecified atom stereocenters. The summed E-state index contributed by atoms with van der Waals surface area (Å²) in [6.07, 6.45) is 1.80. The van der Waals surface area contributed by atoms with Crippen molar-refractivity contribution in [1.82, 2.24) is 20.0 Å². The van der Waals surface area contributed by atoms with E-state index in [-0.39, 0.29) is 10.6 Å². The van der Waals surface area contributed by atoms with E-state index in [0.717, 1.165) is 5.69 Å². The number of rotatable bonds is 10. The molecule has 4 rings (SSSR count). The lowest BCUT2D eigenvalue weighted by molar-refractivity contribution is 0.322. The van der Waals surface area contributed by atoms with Crippen LogP contribution in [0.4, 0.5) is 5.69 Å². The number of nitrogens with zero attached hydrogens (tertiary/aromatic N) is 4. The molecule has 0 saturated carbocycles. The average Bonchev–Trinajstić information content (AvgIpc) is 3.28. The van der Waals surface area contributed by atoms with Crippen molar-refractivity contribution < 1.29 is 22.6 Å². The second kappa shape index (κ2) is 10.4. The number of aromatic nitrogens is 4. The van der Waals surface area contributed by atoms with Gasteiger partial charge >= 0.3 is 0 Å². The number of hydrogen-bond donors (Lipinski definition) is 1. The van der Waals surface area contributed by atoms with E-state index in [1.54, 1.807) is 66.3 Å². The summed E-state index contributed by atoms with van der Waals surface area (Å²) < 4.78 is 47.0. The second-order valence-electron chi connectivity index (χ2n) is 7.34. The van der Waals surface area contributed by atoms with Gasteiger partial charge in [-0.15, -0.1) is 10.2 Å². The fourth-order valence-electron chi connectivity index (χ4n) is 3.18. The summed E-state index contributed by atoms with van der Waals surface area (Å²) in [5.41, 5.74) is 1.23. The molecule has 10 nitrogen and oxygen atoms in total. The fraction of sp³-hybridized carbons (Fsp3) is 0.208. The van der Waals surface area contributed by atoms with Crippen LogP contribution in [0.3, 0.4) is 0 Å². The highest BCUT2D eigenvalue weighted by atomic mass is 32.2. The van der Waals surface area contributed by atoms with Gasteiger partial charge in [0.25, 0.3) is 10.0 Å². The van der Waals surface area contributed by atoms with Crippen LogP contribution in [-0.4, -0.2) is 41.6 Å². The first-order chi connectivity index (χ1) is 16.9. The Bertz CT molecular complexity index is 1390. The maximum Gasteiger partial charge on any atom is 0.265 e. The van der Waals surface area contributed by atoms with Gasteiger partial charge in [0.1, 0.15) is 22.1 Å². The van der Waals surface area contributed by atoms with Gasteiger partial charge in [0.05, 0.1) is 18.9 Å². The second-order valence-corrected chi connectivity index (χ2v) is 8.99.